The molecule has 2 rings (SSSR count). The zero-order valence-electron chi connectivity index (χ0n) is 9.93. The lowest BCUT2D eigenvalue weighted by molar-refractivity contribution is -0.139. The summed E-state index contributed by atoms with van der Waals surface area (Å²) in [6, 6.07) is 8.11. The Morgan fingerprint density at radius 3 is 2.67 bits per heavy atom. The molecule has 5 heteroatoms. The summed E-state index contributed by atoms with van der Waals surface area (Å²) < 4.78 is 1.06. The normalized spacial score (nSPS) is 16.5. The van der Waals surface area contributed by atoms with Crippen LogP contribution < -0.4 is 5.32 Å². The molecule has 98 valence electrons. The summed E-state index contributed by atoms with van der Waals surface area (Å²) in [6.07, 6.45) is 2.89. The Balaban J connectivity index is 1.75. The van der Waals surface area contributed by atoms with Crippen LogP contribution in [0.3, 0.4) is 0 Å². The lowest BCUT2D eigenvalue weighted by Gasteiger charge is -2.13. The van der Waals surface area contributed by atoms with E-state index in [1.807, 2.05) is 24.3 Å². The largest absolute Gasteiger partial charge is 0.480 e. The maximum absolute atomic E-state index is 11.1. The summed E-state index contributed by atoms with van der Waals surface area (Å²) in [5, 5.41) is 12.3. The van der Waals surface area contributed by atoms with Gasteiger partial charge in [-0.2, -0.15) is 0 Å². The van der Waals surface area contributed by atoms with Gasteiger partial charge in [0.2, 0.25) is 0 Å². The second-order valence-electron chi connectivity index (χ2n) is 4.42. The Hall–Kier alpha value is -0.520. The van der Waals surface area contributed by atoms with Crippen LogP contribution in [-0.2, 0) is 4.79 Å². The van der Waals surface area contributed by atoms with Crippen molar-refractivity contribution in [2.75, 3.05) is 5.75 Å². The van der Waals surface area contributed by atoms with Crippen LogP contribution in [0, 0.1) is 0 Å². The van der Waals surface area contributed by atoms with E-state index >= 15 is 0 Å². The zero-order chi connectivity index (χ0) is 13.0. The van der Waals surface area contributed by atoms with Gasteiger partial charge in [-0.25, -0.2) is 0 Å². The molecule has 0 saturated heterocycles. The topological polar surface area (TPSA) is 49.3 Å². The number of thioether (sulfide) groups is 1. The molecule has 1 unspecified atom stereocenters. The standard InChI is InChI=1S/C13H16BrNO2S/c14-9-1-5-11(6-2-9)18-8-7-12(13(16)17)15-10-3-4-10/h1-2,5-6,10,12,15H,3-4,7-8H2,(H,16,17). The second kappa shape index (κ2) is 6.59. The molecular weight excluding hydrogens is 314 g/mol. The molecule has 1 aliphatic rings. The zero-order valence-corrected chi connectivity index (χ0v) is 12.3. The number of carboxylic acid groups (broad SMARTS) is 1. The van der Waals surface area contributed by atoms with E-state index in [1.54, 1.807) is 11.8 Å². The molecule has 1 saturated carbocycles. The van der Waals surface area contributed by atoms with Gasteiger partial charge in [-0.1, -0.05) is 15.9 Å². The van der Waals surface area contributed by atoms with Crippen LogP contribution in [0.25, 0.3) is 0 Å². The third-order valence-corrected chi connectivity index (χ3v) is 4.38. The summed E-state index contributed by atoms with van der Waals surface area (Å²) in [6.45, 7) is 0. The van der Waals surface area contributed by atoms with Crippen molar-refractivity contribution in [2.45, 2.75) is 36.2 Å². The summed E-state index contributed by atoms with van der Waals surface area (Å²) in [4.78, 5) is 12.2. The Morgan fingerprint density at radius 1 is 1.44 bits per heavy atom. The maximum Gasteiger partial charge on any atom is 0.320 e. The van der Waals surface area contributed by atoms with E-state index in [2.05, 4.69) is 21.2 Å². The van der Waals surface area contributed by atoms with Gasteiger partial charge in [0, 0.05) is 21.2 Å². The predicted octanol–water partition coefficient (Wildman–Crippen LogP) is 3.14. The first-order chi connectivity index (χ1) is 8.65. The molecule has 18 heavy (non-hydrogen) atoms. The van der Waals surface area contributed by atoms with Gasteiger partial charge >= 0.3 is 5.97 Å². The molecule has 2 N–H and O–H groups in total. The van der Waals surface area contributed by atoms with E-state index in [9.17, 15) is 4.79 Å². The fraction of sp³-hybridized carbons (Fsp3) is 0.462. The first kappa shape index (κ1) is 13.9. The third-order valence-electron chi connectivity index (χ3n) is 2.80. The third kappa shape index (κ3) is 4.63. The fourth-order valence-corrected chi connectivity index (χ4v) is 2.82. The van der Waals surface area contributed by atoms with Crippen molar-refractivity contribution in [3.05, 3.63) is 28.7 Å². The van der Waals surface area contributed by atoms with Crippen molar-refractivity contribution in [2.24, 2.45) is 0 Å². The van der Waals surface area contributed by atoms with Gasteiger partial charge in [-0.05, 0) is 43.5 Å². The number of aliphatic carboxylic acids is 1. The highest BCUT2D eigenvalue weighted by Crippen LogP contribution is 2.23. The van der Waals surface area contributed by atoms with Gasteiger partial charge in [-0.3, -0.25) is 4.79 Å². The second-order valence-corrected chi connectivity index (χ2v) is 6.51. The summed E-state index contributed by atoms with van der Waals surface area (Å²) in [5.41, 5.74) is 0. The van der Waals surface area contributed by atoms with Gasteiger partial charge < -0.3 is 10.4 Å². The highest BCUT2D eigenvalue weighted by molar-refractivity contribution is 9.10. The Morgan fingerprint density at radius 2 is 2.11 bits per heavy atom. The van der Waals surface area contributed by atoms with Gasteiger partial charge in [0.25, 0.3) is 0 Å². The average molecular weight is 330 g/mol. The summed E-state index contributed by atoms with van der Waals surface area (Å²) >= 11 is 5.09. The molecule has 3 nitrogen and oxygen atoms in total. The molecule has 1 fully saturated rings. The SMILES string of the molecule is O=C(O)C(CCSc1ccc(Br)cc1)NC1CC1. The number of halogens is 1. The fourth-order valence-electron chi connectivity index (χ4n) is 1.64. The van der Waals surface area contributed by atoms with Crippen LogP contribution in [0.2, 0.25) is 0 Å². The van der Waals surface area contributed by atoms with Crippen LogP contribution >= 0.6 is 27.7 Å². The summed E-state index contributed by atoms with van der Waals surface area (Å²) in [5.74, 6) is 0.0801. The highest BCUT2D eigenvalue weighted by atomic mass is 79.9. The van der Waals surface area contributed by atoms with E-state index in [-0.39, 0.29) is 0 Å². The Bertz CT molecular complexity index is 406. The quantitative estimate of drug-likeness (QED) is 0.754. The Labute approximate surface area is 119 Å². The van der Waals surface area contributed by atoms with Crippen LogP contribution in [0.15, 0.2) is 33.6 Å². The van der Waals surface area contributed by atoms with Gasteiger partial charge in [0.15, 0.2) is 0 Å². The van der Waals surface area contributed by atoms with Crippen molar-refractivity contribution < 1.29 is 9.90 Å². The molecule has 0 radical (unpaired) electrons. The van der Waals surface area contributed by atoms with Crippen LogP contribution in [0.4, 0.5) is 0 Å². The number of benzene rings is 1. The van der Waals surface area contributed by atoms with Gasteiger partial charge in [0.05, 0.1) is 0 Å². The van der Waals surface area contributed by atoms with Crippen molar-refractivity contribution in [3.63, 3.8) is 0 Å². The van der Waals surface area contributed by atoms with Crippen LogP contribution in [0.1, 0.15) is 19.3 Å². The molecule has 0 aliphatic heterocycles. The maximum atomic E-state index is 11.1. The van der Waals surface area contributed by atoms with E-state index in [0.29, 0.717) is 12.5 Å². The molecule has 1 aliphatic carbocycles. The minimum atomic E-state index is -0.738. The van der Waals surface area contributed by atoms with E-state index in [0.717, 1.165) is 23.1 Å². The first-order valence-corrected chi connectivity index (χ1v) is 7.80. The summed E-state index contributed by atoms with van der Waals surface area (Å²) in [7, 11) is 0. The number of hydrogen-bond donors (Lipinski definition) is 2. The lowest BCUT2D eigenvalue weighted by Crippen LogP contribution is -2.38. The first-order valence-electron chi connectivity index (χ1n) is 6.02. The highest BCUT2D eigenvalue weighted by Gasteiger charge is 2.27. The molecule has 0 aromatic heterocycles. The molecule has 1 aromatic rings. The molecular formula is C13H16BrNO2S. The lowest BCUT2D eigenvalue weighted by atomic mass is 10.2. The van der Waals surface area contributed by atoms with Crippen LogP contribution in [-0.4, -0.2) is 28.9 Å². The monoisotopic (exact) mass is 329 g/mol. The molecule has 0 spiro atoms. The minimum Gasteiger partial charge on any atom is -0.480 e. The average Bonchev–Trinajstić information content (AvgIpc) is 3.14. The van der Waals surface area contributed by atoms with Crippen molar-refractivity contribution >= 4 is 33.7 Å². The van der Waals surface area contributed by atoms with E-state index in [4.69, 9.17) is 5.11 Å². The Kier molecular flexibility index (Phi) is 5.09. The predicted molar refractivity (Wildman–Crippen MR) is 77.1 cm³/mol. The molecule has 1 aromatic carbocycles. The number of nitrogens with one attached hydrogen (secondary N) is 1. The number of hydrogen-bond acceptors (Lipinski definition) is 3. The molecule has 0 heterocycles. The molecule has 0 bridgehead atoms. The number of carboxylic acids is 1. The molecule has 0 amide bonds. The number of carbonyl (C=O) groups is 1. The van der Waals surface area contributed by atoms with Crippen molar-refractivity contribution in [1.29, 1.82) is 0 Å². The molecule has 1 atom stereocenters. The van der Waals surface area contributed by atoms with Gasteiger partial charge in [-0.15, -0.1) is 11.8 Å². The van der Waals surface area contributed by atoms with Gasteiger partial charge in [0.1, 0.15) is 6.04 Å². The number of rotatable bonds is 7. The van der Waals surface area contributed by atoms with Crippen molar-refractivity contribution in [1.82, 2.24) is 5.32 Å². The van der Waals surface area contributed by atoms with Crippen LogP contribution in [0.5, 0.6) is 0 Å². The smallest absolute Gasteiger partial charge is 0.320 e. The van der Waals surface area contributed by atoms with E-state index < -0.39 is 12.0 Å². The minimum absolute atomic E-state index is 0.402. The van der Waals surface area contributed by atoms with Crippen molar-refractivity contribution in [3.8, 4) is 0 Å². The van der Waals surface area contributed by atoms with E-state index in [1.165, 1.54) is 4.90 Å².